The Morgan fingerprint density at radius 2 is 1.68 bits per heavy atom. The Balaban J connectivity index is 1.32. The summed E-state index contributed by atoms with van der Waals surface area (Å²) < 4.78 is 0. The number of piperazine rings is 1. The van der Waals surface area contributed by atoms with Gasteiger partial charge in [0.15, 0.2) is 5.78 Å². The van der Waals surface area contributed by atoms with Crippen LogP contribution in [0.25, 0.3) is 10.9 Å². The van der Waals surface area contributed by atoms with E-state index in [-0.39, 0.29) is 17.7 Å². The lowest BCUT2D eigenvalue weighted by molar-refractivity contribution is -0.117. The normalized spacial score (nSPS) is 16.4. The first-order chi connectivity index (χ1) is 14.9. The third kappa shape index (κ3) is 4.55. The topological polar surface area (TPSA) is 68.4 Å². The number of para-hydroxylation sites is 2. The summed E-state index contributed by atoms with van der Waals surface area (Å²) in [5.74, 6) is 0.146. The lowest BCUT2D eigenvalue weighted by Crippen LogP contribution is -2.53. The Morgan fingerprint density at radius 1 is 1.00 bits per heavy atom. The van der Waals surface area contributed by atoms with Crippen molar-refractivity contribution in [3.05, 3.63) is 65.4 Å². The number of carbonyl (C=O) groups excluding carboxylic acids is 2. The zero-order valence-corrected chi connectivity index (χ0v) is 18.4. The average molecular weight is 419 g/mol. The van der Waals surface area contributed by atoms with Gasteiger partial charge in [0.05, 0.1) is 12.6 Å². The summed E-state index contributed by atoms with van der Waals surface area (Å²) in [4.78, 5) is 33.2. The monoisotopic (exact) mass is 418 g/mol. The molecule has 0 radical (unpaired) electrons. The number of hydrogen-bond acceptors (Lipinski definition) is 4. The van der Waals surface area contributed by atoms with Crippen molar-refractivity contribution in [3.63, 3.8) is 0 Å². The van der Waals surface area contributed by atoms with Crippen molar-refractivity contribution in [1.82, 2.24) is 14.8 Å². The largest absolute Gasteiger partial charge is 0.360 e. The molecule has 1 atom stereocenters. The number of aromatic nitrogens is 1. The van der Waals surface area contributed by atoms with Crippen LogP contribution in [0.4, 0.5) is 5.69 Å². The van der Waals surface area contributed by atoms with Gasteiger partial charge in [0.1, 0.15) is 0 Å². The molecule has 1 aliphatic heterocycles. The lowest BCUT2D eigenvalue weighted by atomic mass is 10.0. The fourth-order valence-corrected chi connectivity index (χ4v) is 4.37. The van der Waals surface area contributed by atoms with E-state index < -0.39 is 0 Å². The predicted molar refractivity (Wildman–Crippen MR) is 125 cm³/mol. The Morgan fingerprint density at radius 3 is 2.39 bits per heavy atom. The van der Waals surface area contributed by atoms with E-state index in [0.29, 0.717) is 6.54 Å². The van der Waals surface area contributed by atoms with E-state index in [9.17, 15) is 9.59 Å². The van der Waals surface area contributed by atoms with Gasteiger partial charge in [-0.1, -0.05) is 36.4 Å². The van der Waals surface area contributed by atoms with E-state index in [1.165, 1.54) is 0 Å². The van der Waals surface area contributed by atoms with Crippen molar-refractivity contribution in [1.29, 1.82) is 0 Å². The van der Waals surface area contributed by atoms with Gasteiger partial charge < -0.3 is 10.3 Å². The minimum atomic E-state index is -0.190. The van der Waals surface area contributed by atoms with E-state index in [1.807, 2.05) is 69.4 Å². The molecule has 31 heavy (non-hydrogen) atoms. The molecule has 3 aromatic rings. The second kappa shape index (κ2) is 9.04. The highest BCUT2D eigenvalue weighted by Crippen LogP contribution is 2.22. The summed E-state index contributed by atoms with van der Waals surface area (Å²) in [5, 5.41) is 4.04. The van der Waals surface area contributed by atoms with E-state index >= 15 is 0 Å². The smallest absolute Gasteiger partial charge is 0.238 e. The first-order valence-electron chi connectivity index (χ1n) is 10.9. The summed E-state index contributed by atoms with van der Waals surface area (Å²) in [6, 6.07) is 13.7. The highest BCUT2D eigenvalue weighted by atomic mass is 16.2. The molecule has 6 nitrogen and oxygen atoms in total. The maximum absolute atomic E-state index is 13.1. The van der Waals surface area contributed by atoms with Gasteiger partial charge in [0.2, 0.25) is 5.91 Å². The first-order valence-corrected chi connectivity index (χ1v) is 10.9. The fraction of sp³-hybridized carbons (Fsp3) is 0.360. The van der Waals surface area contributed by atoms with Gasteiger partial charge in [-0.3, -0.25) is 19.4 Å². The third-order valence-corrected chi connectivity index (χ3v) is 6.30. The first kappa shape index (κ1) is 21.3. The van der Waals surface area contributed by atoms with Crippen LogP contribution in [0.3, 0.4) is 0 Å². The van der Waals surface area contributed by atoms with E-state index in [2.05, 4.69) is 20.1 Å². The number of benzene rings is 2. The Kier molecular flexibility index (Phi) is 6.20. The molecule has 1 fully saturated rings. The zero-order valence-electron chi connectivity index (χ0n) is 18.4. The standard InChI is InChI=1S/C25H30N4O2/c1-17-7-6-8-18(2)24(17)27-23(30)16-28-11-13-29(14-12-28)19(3)25(31)21-15-26-22-10-5-4-9-20(21)22/h4-10,15,19,26H,11-14,16H2,1-3H3,(H,27,30)/t19-/m1/s1. The average Bonchev–Trinajstić information content (AvgIpc) is 3.20. The van der Waals surface area contributed by atoms with Crippen molar-refractivity contribution in [2.45, 2.75) is 26.8 Å². The minimum Gasteiger partial charge on any atom is -0.360 e. The number of ketones is 1. The van der Waals surface area contributed by atoms with Crippen LogP contribution in [-0.2, 0) is 4.79 Å². The van der Waals surface area contributed by atoms with Crippen molar-refractivity contribution in [3.8, 4) is 0 Å². The molecule has 0 unspecified atom stereocenters. The molecule has 1 aliphatic rings. The lowest BCUT2D eigenvalue weighted by Gasteiger charge is -2.37. The fourth-order valence-electron chi connectivity index (χ4n) is 4.37. The number of rotatable bonds is 6. The number of aromatic amines is 1. The van der Waals surface area contributed by atoms with Gasteiger partial charge in [-0.2, -0.15) is 0 Å². The second-order valence-electron chi connectivity index (χ2n) is 8.42. The van der Waals surface area contributed by atoms with Crippen LogP contribution in [0.15, 0.2) is 48.7 Å². The number of Topliss-reactive ketones (excluding diaryl/α,β-unsaturated/α-hetero) is 1. The number of fused-ring (bicyclic) bond motifs is 1. The molecule has 1 saturated heterocycles. The summed E-state index contributed by atoms with van der Waals surface area (Å²) >= 11 is 0. The number of nitrogens with zero attached hydrogens (tertiary/aromatic N) is 2. The molecule has 0 aliphatic carbocycles. The van der Waals surface area contributed by atoms with Gasteiger partial charge in [0, 0.05) is 54.5 Å². The van der Waals surface area contributed by atoms with Crippen LogP contribution < -0.4 is 5.32 Å². The third-order valence-electron chi connectivity index (χ3n) is 6.30. The van der Waals surface area contributed by atoms with Crippen LogP contribution in [0.2, 0.25) is 0 Å². The van der Waals surface area contributed by atoms with Crippen molar-refractivity contribution in [2.75, 3.05) is 38.0 Å². The molecule has 1 aromatic heterocycles. The van der Waals surface area contributed by atoms with Crippen LogP contribution >= 0.6 is 0 Å². The highest BCUT2D eigenvalue weighted by molar-refractivity contribution is 6.10. The number of H-pyrrole nitrogens is 1. The van der Waals surface area contributed by atoms with Crippen LogP contribution in [0.5, 0.6) is 0 Å². The number of nitrogens with one attached hydrogen (secondary N) is 2. The van der Waals surface area contributed by atoms with E-state index in [0.717, 1.165) is 59.5 Å². The molecule has 0 saturated carbocycles. The molecule has 162 valence electrons. The molecule has 6 heteroatoms. The zero-order chi connectivity index (χ0) is 22.0. The van der Waals surface area contributed by atoms with Crippen LogP contribution in [0, 0.1) is 13.8 Å². The number of carbonyl (C=O) groups is 2. The van der Waals surface area contributed by atoms with Gasteiger partial charge in [-0.25, -0.2) is 0 Å². The predicted octanol–water partition coefficient (Wildman–Crippen LogP) is 3.61. The molecule has 2 aromatic carbocycles. The molecule has 0 spiro atoms. The number of anilines is 1. The summed E-state index contributed by atoms with van der Waals surface area (Å²) in [5.41, 5.74) is 4.78. The van der Waals surface area contributed by atoms with Crippen molar-refractivity contribution in [2.24, 2.45) is 0 Å². The number of amides is 1. The van der Waals surface area contributed by atoms with Gasteiger partial charge in [-0.05, 0) is 38.0 Å². The maximum atomic E-state index is 13.1. The summed E-state index contributed by atoms with van der Waals surface area (Å²) in [7, 11) is 0. The van der Waals surface area contributed by atoms with Crippen molar-refractivity contribution < 1.29 is 9.59 Å². The van der Waals surface area contributed by atoms with Crippen LogP contribution in [-0.4, -0.2) is 65.2 Å². The van der Waals surface area contributed by atoms with Crippen LogP contribution in [0.1, 0.15) is 28.4 Å². The molecular formula is C25H30N4O2. The SMILES string of the molecule is Cc1cccc(C)c1NC(=O)CN1CCN([C@H](C)C(=O)c2c[nH]c3ccccc23)CC1. The van der Waals surface area contributed by atoms with Gasteiger partial charge >= 0.3 is 0 Å². The minimum absolute atomic E-state index is 0.00812. The highest BCUT2D eigenvalue weighted by Gasteiger charge is 2.28. The van der Waals surface area contributed by atoms with Crippen molar-refractivity contribution >= 4 is 28.3 Å². The van der Waals surface area contributed by atoms with Gasteiger partial charge in [0.25, 0.3) is 0 Å². The molecule has 0 bridgehead atoms. The molecular weight excluding hydrogens is 388 g/mol. The number of aryl methyl sites for hydroxylation is 2. The van der Waals surface area contributed by atoms with E-state index in [1.54, 1.807) is 0 Å². The Labute approximate surface area is 183 Å². The molecule has 2 heterocycles. The Hall–Kier alpha value is -2.96. The summed E-state index contributed by atoms with van der Waals surface area (Å²) in [6.45, 7) is 9.44. The molecule has 2 N–H and O–H groups in total. The van der Waals surface area contributed by atoms with Gasteiger partial charge in [-0.15, -0.1) is 0 Å². The maximum Gasteiger partial charge on any atom is 0.238 e. The molecule has 4 rings (SSSR count). The summed E-state index contributed by atoms with van der Waals surface area (Å²) in [6.07, 6.45) is 1.82. The molecule has 1 amide bonds. The second-order valence-corrected chi connectivity index (χ2v) is 8.42. The quantitative estimate of drug-likeness (QED) is 0.600. The van der Waals surface area contributed by atoms with E-state index in [4.69, 9.17) is 0 Å². The number of hydrogen-bond donors (Lipinski definition) is 2. The Bertz CT molecular complexity index is 1080.